The first kappa shape index (κ1) is 26.4. The minimum Gasteiger partial charge on any atom is -0.381 e. The molecule has 1 aliphatic rings. The van der Waals surface area contributed by atoms with E-state index >= 15 is 0 Å². The molecule has 0 N–H and O–H groups in total. The van der Waals surface area contributed by atoms with Gasteiger partial charge in [0.15, 0.2) is 0 Å². The van der Waals surface area contributed by atoms with Gasteiger partial charge in [-0.2, -0.15) is 0 Å². The molecule has 0 aromatic heterocycles. The highest BCUT2D eigenvalue weighted by Crippen LogP contribution is 2.40. The van der Waals surface area contributed by atoms with Gasteiger partial charge in [0.2, 0.25) is 0 Å². The molecule has 0 spiro atoms. The summed E-state index contributed by atoms with van der Waals surface area (Å²) in [6.45, 7) is 18.5. The van der Waals surface area contributed by atoms with Crippen LogP contribution in [0.4, 0.5) is 0 Å². The summed E-state index contributed by atoms with van der Waals surface area (Å²) in [4.78, 5) is 0. The average molecular weight is 381 g/mol. The van der Waals surface area contributed by atoms with Gasteiger partial charge < -0.3 is 9.47 Å². The third-order valence-corrected chi connectivity index (χ3v) is 5.24. The third-order valence-electron chi connectivity index (χ3n) is 5.24. The Bertz CT molecular complexity index is 401. The fourth-order valence-electron chi connectivity index (χ4n) is 3.31. The monoisotopic (exact) mass is 380 g/mol. The van der Waals surface area contributed by atoms with Crippen LogP contribution in [-0.4, -0.2) is 25.9 Å². The summed E-state index contributed by atoms with van der Waals surface area (Å²) >= 11 is 0. The Morgan fingerprint density at radius 2 is 1.52 bits per heavy atom. The average Bonchev–Trinajstić information content (AvgIpc) is 2.61. The molecular weight excluding hydrogens is 332 g/mol. The Balaban J connectivity index is 0.000000636. The number of ether oxygens (including phenoxy) is 2. The van der Waals surface area contributed by atoms with Crippen LogP contribution in [0.5, 0.6) is 0 Å². The van der Waals surface area contributed by atoms with E-state index in [-0.39, 0.29) is 6.10 Å². The van der Waals surface area contributed by atoms with Crippen LogP contribution in [0.15, 0.2) is 23.3 Å². The largest absolute Gasteiger partial charge is 0.381 e. The molecule has 0 radical (unpaired) electrons. The summed E-state index contributed by atoms with van der Waals surface area (Å²) in [5.74, 6) is 0. The summed E-state index contributed by atoms with van der Waals surface area (Å²) < 4.78 is 11.1. The molecule has 0 heterocycles. The second kappa shape index (κ2) is 16.4. The third kappa shape index (κ3) is 13.2. The molecule has 1 unspecified atom stereocenters. The van der Waals surface area contributed by atoms with Crippen LogP contribution < -0.4 is 0 Å². The standard InChI is InChI=1S/C17H30O.C8H18O/c1-6-7-13-18-15(3)10-11-16-14(2)9-8-12-17(16,4)5;1-3-5-7-9-8-6-4-2/h10-11,15H,6-9,12-13H2,1-5H3;3-8H2,1-2H3/b11-10+;. The molecule has 27 heavy (non-hydrogen) atoms. The lowest BCUT2D eigenvalue weighted by Gasteiger charge is -2.33. The van der Waals surface area contributed by atoms with Crippen molar-refractivity contribution in [1.82, 2.24) is 0 Å². The Kier molecular flexibility index (Phi) is 16.0. The molecule has 0 bridgehead atoms. The summed E-state index contributed by atoms with van der Waals surface area (Å²) in [6.07, 6.45) is 15.9. The zero-order chi connectivity index (χ0) is 20.5. The smallest absolute Gasteiger partial charge is 0.0730 e. The van der Waals surface area contributed by atoms with Crippen LogP contribution in [0.25, 0.3) is 0 Å². The highest BCUT2D eigenvalue weighted by Gasteiger charge is 2.26. The van der Waals surface area contributed by atoms with Gasteiger partial charge in [-0.25, -0.2) is 0 Å². The summed E-state index contributed by atoms with van der Waals surface area (Å²) in [5, 5.41) is 0. The van der Waals surface area contributed by atoms with Crippen molar-refractivity contribution in [1.29, 1.82) is 0 Å². The second-order valence-corrected chi connectivity index (χ2v) is 8.54. The second-order valence-electron chi connectivity index (χ2n) is 8.54. The maximum Gasteiger partial charge on any atom is 0.0730 e. The fraction of sp³-hybridized carbons (Fsp3) is 0.840. The van der Waals surface area contributed by atoms with Gasteiger partial charge >= 0.3 is 0 Å². The van der Waals surface area contributed by atoms with Crippen molar-refractivity contribution in [3.63, 3.8) is 0 Å². The zero-order valence-electron chi connectivity index (χ0n) is 19.5. The molecule has 0 amide bonds. The molecule has 0 aromatic rings. The van der Waals surface area contributed by atoms with E-state index in [1.807, 2.05) is 0 Å². The molecular formula is C25H48O2. The minimum absolute atomic E-state index is 0.231. The normalized spacial score (nSPS) is 17.7. The molecule has 0 saturated carbocycles. The van der Waals surface area contributed by atoms with E-state index < -0.39 is 0 Å². The highest BCUT2D eigenvalue weighted by atomic mass is 16.5. The lowest BCUT2D eigenvalue weighted by atomic mass is 9.72. The fourth-order valence-corrected chi connectivity index (χ4v) is 3.31. The molecule has 1 atom stereocenters. The molecule has 0 fully saturated rings. The van der Waals surface area contributed by atoms with Crippen molar-refractivity contribution in [3.8, 4) is 0 Å². The van der Waals surface area contributed by atoms with E-state index in [1.165, 1.54) is 56.9 Å². The van der Waals surface area contributed by atoms with Gasteiger partial charge in [-0.1, -0.05) is 71.6 Å². The lowest BCUT2D eigenvalue weighted by Crippen LogP contribution is -2.19. The summed E-state index contributed by atoms with van der Waals surface area (Å²) in [7, 11) is 0. The topological polar surface area (TPSA) is 18.5 Å². The summed E-state index contributed by atoms with van der Waals surface area (Å²) in [5.41, 5.74) is 3.42. The Labute approximate surface area is 170 Å². The Morgan fingerprint density at radius 3 is 2.04 bits per heavy atom. The molecule has 0 aliphatic heterocycles. The van der Waals surface area contributed by atoms with Crippen LogP contribution in [0.3, 0.4) is 0 Å². The molecule has 2 heteroatoms. The number of rotatable bonds is 12. The maximum atomic E-state index is 5.77. The molecule has 160 valence electrons. The van der Waals surface area contributed by atoms with Crippen molar-refractivity contribution in [2.75, 3.05) is 19.8 Å². The van der Waals surface area contributed by atoms with Crippen molar-refractivity contribution in [2.24, 2.45) is 5.41 Å². The van der Waals surface area contributed by atoms with E-state index in [4.69, 9.17) is 9.47 Å². The van der Waals surface area contributed by atoms with E-state index in [0.29, 0.717) is 5.41 Å². The van der Waals surface area contributed by atoms with Crippen molar-refractivity contribution in [2.45, 2.75) is 112 Å². The van der Waals surface area contributed by atoms with Crippen LogP contribution in [-0.2, 0) is 9.47 Å². The van der Waals surface area contributed by atoms with Crippen LogP contribution in [0.1, 0.15) is 106 Å². The number of allylic oxidation sites excluding steroid dienone is 3. The molecule has 2 nitrogen and oxygen atoms in total. The molecule has 1 aliphatic carbocycles. The maximum absolute atomic E-state index is 5.77. The van der Waals surface area contributed by atoms with Crippen LogP contribution >= 0.6 is 0 Å². The lowest BCUT2D eigenvalue weighted by molar-refractivity contribution is 0.0949. The Morgan fingerprint density at radius 1 is 0.963 bits per heavy atom. The van der Waals surface area contributed by atoms with Gasteiger partial charge in [0.25, 0.3) is 0 Å². The molecule has 0 saturated heterocycles. The Hall–Kier alpha value is -0.600. The highest BCUT2D eigenvalue weighted by molar-refractivity contribution is 5.32. The number of unbranched alkanes of at least 4 members (excludes halogenated alkanes) is 3. The molecule has 0 aromatic carbocycles. The van der Waals surface area contributed by atoms with E-state index in [9.17, 15) is 0 Å². The van der Waals surface area contributed by atoms with Gasteiger partial charge in [-0.3, -0.25) is 0 Å². The number of hydrogen-bond acceptors (Lipinski definition) is 2. The predicted octanol–water partition coefficient (Wildman–Crippen LogP) is 7.88. The van der Waals surface area contributed by atoms with Crippen LogP contribution in [0.2, 0.25) is 0 Å². The van der Waals surface area contributed by atoms with Crippen molar-refractivity contribution >= 4 is 0 Å². The van der Waals surface area contributed by atoms with Crippen LogP contribution in [0, 0.1) is 5.41 Å². The summed E-state index contributed by atoms with van der Waals surface area (Å²) in [6, 6.07) is 0. The zero-order valence-corrected chi connectivity index (χ0v) is 19.5. The van der Waals surface area contributed by atoms with Crippen molar-refractivity contribution in [3.05, 3.63) is 23.3 Å². The predicted molar refractivity (Wildman–Crippen MR) is 120 cm³/mol. The number of hydrogen-bond donors (Lipinski definition) is 0. The first-order chi connectivity index (χ1) is 12.9. The van der Waals surface area contributed by atoms with Gasteiger partial charge in [0, 0.05) is 19.8 Å². The van der Waals surface area contributed by atoms with Gasteiger partial charge in [0.1, 0.15) is 0 Å². The quantitative estimate of drug-likeness (QED) is 0.321. The van der Waals surface area contributed by atoms with Gasteiger partial charge in [-0.05, 0) is 63.4 Å². The van der Waals surface area contributed by atoms with Gasteiger partial charge in [-0.15, -0.1) is 0 Å². The first-order valence-electron chi connectivity index (χ1n) is 11.5. The van der Waals surface area contributed by atoms with Crippen molar-refractivity contribution < 1.29 is 9.47 Å². The van der Waals surface area contributed by atoms with Gasteiger partial charge in [0.05, 0.1) is 6.10 Å². The molecule has 1 rings (SSSR count). The minimum atomic E-state index is 0.231. The van der Waals surface area contributed by atoms with E-state index in [2.05, 4.69) is 60.6 Å². The van der Waals surface area contributed by atoms with E-state index in [1.54, 1.807) is 5.57 Å². The first-order valence-corrected chi connectivity index (χ1v) is 11.5. The SMILES string of the molecule is CCCCOC(C)/C=C/C1=C(C)CCCC1(C)C.CCCCOCCCC. The van der Waals surface area contributed by atoms with E-state index in [0.717, 1.165) is 26.2 Å².